The van der Waals surface area contributed by atoms with E-state index in [4.69, 9.17) is 9.84 Å². The zero-order chi connectivity index (χ0) is 9.90. The van der Waals surface area contributed by atoms with Gasteiger partial charge in [-0.15, -0.1) is 0 Å². The van der Waals surface area contributed by atoms with E-state index in [1.165, 1.54) is 0 Å². The van der Waals surface area contributed by atoms with Gasteiger partial charge in [0.1, 0.15) is 0 Å². The quantitative estimate of drug-likeness (QED) is 0.731. The maximum Gasteiger partial charge on any atom is 0.336 e. The summed E-state index contributed by atoms with van der Waals surface area (Å²) in [5, 5.41) is 9.14. The molecule has 1 aliphatic rings. The molecule has 1 N–H and O–H groups in total. The Morgan fingerprint density at radius 3 is 2.77 bits per heavy atom. The fourth-order valence-electron chi connectivity index (χ4n) is 2.03. The molecule has 1 saturated carbocycles. The van der Waals surface area contributed by atoms with Crippen LogP contribution in [0.4, 0.5) is 0 Å². The van der Waals surface area contributed by atoms with Crippen molar-refractivity contribution in [2.45, 2.75) is 45.1 Å². The maximum absolute atomic E-state index is 11.1. The van der Waals surface area contributed by atoms with Crippen LogP contribution in [0.2, 0.25) is 0 Å². The van der Waals surface area contributed by atoms with Gasteiger partial charge in [-0.1, -0.05) is 13.8 Å². The number of rotatable bonds is 4. The molecular formula is C10H18O3. The van der Waals surface area contributed by atoms with Gasteiger partial charge in [0.25, 0.3) is 0 Å². The molecule has 0 heterocycles. The van der Waals surface area contributed by atoms with Gasteiger partial charge in [0.15, 0.2) is 5.60 Å². The minimum Gasteiger partial charge on any atom is -0.479 e. The molecule has 3 heteroatoms. The smallest absolute Gasteiger partial charge is 0.336 e. The highest BCUT2D eigenvalue weighted by molar-refractivity contribution is 5.78. The number of carboxylic acids is 1. The van der Waals surface area contributed by atoms with Gasteiger partial charge in [-0.2, -0.15) is 0 Å². The fraction of sp³-hybridized carbons (Fsp3) is 0.900. The molecule has 0 bridgehead atoms. The highest BCUT2D eigenvalue weighted by atomic mass is 16.5. The number of hydrogen-bond acceptors (Lipinski definition) is 2. The highest BCUT2D eigenvalue weighted by Gasteiger charge is 2.47. The molecule has 2 atom stereocenters. The fourth-order valence-corrected chi connectivity index (χ4v) is 2.03. The highest BCUT2D eigenvalue weighted by Crippen LogP contribution is 2.38. The van der Waals surface area contributed by atoms with E-state index in [9.17, 15) is 4.79 Å². The van der Waals surface area contributed by atoms with Crippen LogP contribution in [0.25, 0.3) is 0 Å². The molecule has 0 aromatic carbocycles. The van der Waals surface area contributed by atoms with E-state index >= 15 is 0 Å². The topological polar surface area (TPSA) is 46.5 Å². The van der Waals surface area contributed by atoms with E-state index in [2.05, 4.69) is 0 Å². The van der Waals surface area contributed by atoms with Crippen molar-refractivity contribution < 1.29 is 14.6 Å². The first-order chi connectivity index (χ1) is 6.13. The largest absolute Gasteiger partial charge is 0.479 e. The van der Waals surface area contributed by atoms with Gasteiger partial charge < -0.3 is 9.84 Å². The average Bonchev–Trinajstić information content (AvgIpc) is 2.45. The lowest BCUT2D eigenvalue weighted by atomic mass is 9.92. The van der Waals surface area contributed by atoms with Crippen molar-refractivity contribution in [2.75, 3.05) is 6.61 Å². The van der Waals surface area contributed by atoms with E-state index in [-0.39, 0.29) is 5.92 Å². The standard InChI is InChI=1S/C10H18O3/c1-3-7-13-10(9(11)12)6-4-5-8(10)2/h8H,3-7H2,1-2H3,(H,11,12). The third-order valence-corrected chi connectivity index (χ3v) is 2.91. The first-order valence-corrected chi connectivity index (χ1v) is 5.01. The zero-order valence-electron chi connectivity index (χ0n) is 8.38. The van der Waals surface area contributed by atoms with Crippen LogP contribution in [0.15, 0.2) is 0 Å². The number of ether oxygens (including phenoxy) is 1. The first kappa shape index (κ1) is 10.5. The predicted molar refractivity (Wildman–Crippen MR) is 49.6 cm³/mol. The van der Waals surface area contributed by atoms with Crippen molar-refractivity contribution in [2.24, 2.45) is 5.92 Å². The summed E-state index contributed by atoms with van der Waals surface area (Å²) in [7, 11) is 0. The molecule has 0 saturated heterocycles. The van der Waals surface area contributed by atoms with Gasteiger partial charge >= 0.3 is 5.97 Å². The average molecular weight is 186 g/mol. The minimum atomic E-state index is -0.879. The van der Waals surface area contributed by atoms with Crippen molar-refractivity contribution in [3.05, 3.63) is 0 Å². The van der Waals surface area contributed by atoms with Gasteiger partial charge in [-0.25, -0.2) is 4.79 Å². The van der Waals surface area contributed by atoms with Crippen LogP contribution >= 0.6 is 0 Å². The van der Waals surface area contributed by atoms with Crippen LogP contribution in [-0.4, -0.2) is 23.3 Å². The van der Waals surface area contributed by atoms with E-state index in [1.54, 1.807) is 0 Å². The number of carbonyl (C=O) groups is 1. The minimum absolute atomic E-state index is 0.150. The molecule has 1 rings (SSSR count). The Morgan fingerprint density at radius 1 is 1.69 bits per heavy atom. The molecule has 1 aliphatic carbocycles. The van der Waals surface area contributed by atoms with Gasteiger partial charge in [-0.05, 0) is 31.6 Å². The summed E-state index contributed by atoms with van der Waals surface area (Å²) in [4.78, 5) is 11.1. The lowest BCUT2D eigenvalue weighted by Gasteiger charge is -2.29. The summed E-state index contributed by atoms with van der Waals surface area (Å²) in [6, 6.07) is 0. The molecule has 0 amide bonds. The van der Waals surface area contributed by atoms with Crippen molar-refractivity contribution in [1.82, 2.24) is 0 Å². The second kappa shape index (κ2) is 4.09. The Kier molecular flexibility index (Phi) is 3.31. The van der Waals surface area contributed by atoms with Gasteiger partial charge in [-0.3, -0.25) is 0 Å². The van der Waals surface area contributed by atoms with Crippen LogP contribution in [0.1, 0.15) is 39.5 Å². The lowest BCUT2D eigenvalue weighted by molar-refractivity contribution is -0.170. The summed E-state index contributed by atoms with van der Waals surface area (Å²) in [5.74, 6) is -0.637. The van der Waals surface area contributed by atoms with Crippen molar-refractivity contribution in [3.63, 3.8) is 0 Å². The van der Waals surface area contributed by atoms with Crippen LogP contribution in [-0.2, 0) is 9.53 Å². The second-order valence-corrected chi connectivity index (χ2v) is 3.84. The third-order valence-electron chi connectivity index (χ3n) is 2.91. The van der Waals surface area contributed by atoms with Crippen molar-refractivity contribution >= 4 is 5.97 Å². The van der Waals surface area contributed by atoms with E-state index in [0.717, 1.165) is 19.3 Å². The van der Waals surface area contributed by atoms with Crippen LogP contribution in [0.3, 0.4) is 0 Å². The van der Waals surface area contributed by atoms with Crippen LogP contribution in [0.5, 0.6) is 0 Å². The molecule has 0 radical (unpaired) electrons. The van der Waals surface area contributed by atoms with Crippen molar-refractivity contribution in [1.29, 1.82) is 0 Å². The lowest BCUT2D eigenvalue weighted by Crippen LogP contribution is -2.44. The molecule has 3 nitrogen and oxygen atoms in total. The summed E-state index contributed by atoms with van der Waals surface area (Å²) in [6.45, 7) is 4.52. The zero-order valence-corrected chi connectivity index (χ0v) is 8.38. The van der Waals surface area contributed by atoms with Crippen LogP contribution < -0.4 is 0 Å². The Labute approximate surface area is 79.1 Å². The van der Waals surface area contributed by atoms with E-state index in [1.807, 2.05) is 13.8 Å². The molecule has 0 spiro atoms. The molecule has 13 heavy (non-hydrogen) atoms. The maximum atomic E-state index is 11.1. The number of hydrogen-bond donors (Lipinski definition) is 1. The van der Waals surface area contributed by atoms with E-state index < -0.39 is 11.6 Å². The van der Waals surface area contributed by atoms with Gasteiger partial charge in [0.2, 0.25) is 0 Å². The Bertz CT molecular complexity index is 191. The van der Waals surface area contributed by atoms with Gasteiger partial charge in [0, 0.05) is 6.61 Å². The molecule has 2 unspecified atom stereocenters. The van der Waals surface area contributed by atoms with Crippen LogP contribution in [0, 0.1) is 5.92 Å². The summed E-state index contributed by atoms with van der Waals surface area (Å²) < 4.78 is 5.51. The molecule has 0 aliphatic heterocycles. The predicted octanol–water partition coefficient (Wildman–Crippen LogP) is 2.06. The number of carboxylic acid groups (broad SMARTS) is 1. The number of aliphatic carboxylic acids is 1. The first-order valence-electron chi connectivity index (χ1n) is 5.01. The summed E-state index contributed by atoms with van der Waals surface area (Å²) >= 11 is 0. The molecule has 0 aromatic rings. The molecule has 0 aromatic heterocycles. The summed E-state index contributed by atoms with van der Waals surface area (Å²) in [6.07, 6.45) is 3.48. The Morgan fingerprint density at radius 2 is 2.38 bits per heavy atom. The molecule has 76 valence electrons. The monoisotopic (exact) mass is 186 g/mol. The van der Waals surface area contributed by atoms with Crippen molar-refractivity contribution in [3.8, 4) is 0 Å². The Hall–Kier alpha value is -0.570. The molecule has 1 fully saturated rings. The van der Waals surface area contributed by atoms with Gasteiger partial charge in [0.05, 0.1) is 0 Å². The SMILES string of the molecule is CCCOC1(C(=O)O)CCCC1C. The normalized spacial score (nSPS) is 33.5. The van der Waals surface area contributed by atoms with E-state index in [0.29, 0.717) is 13.0 Å². The second-order valence-electron chi connectivity index (χ2n) is 3.84. The summed E-state index contributed by atoms with van der Waals surface area (Å²) in [5.41, 5.74) is -0.879. The third kappa shape index (κ3) is 1.85. The molecular weight excluding hydrogens is 168 g/mol. The Balaban J connectivity index is 2.68.